The summed E-state index contributed by atoms with van der Waals surface area (Å²) in [7, 11) is 0. The topological polar surface area (TPSA) is 111 Å². The molecule has 0 fully saturated rings. The Hall–Kier alpha value is -3.48. The number of aryl methyl sites for hydroxylation is 1. The Kier molecular flexibility index (Phi) is 5.61. The smallest absolute Gasteiger partial charge is 0.315 e. The molecule has 138 valence electrons. The molecule has 1 aromatic heterocycles. The van der Waals surface area contributed by atoms with Crippen molar-refractivity contribution in [2.24, 2.45) is 5.73 Å². The summed E-state index contributed by atoms with van der Waals surface area (Å²) in [6.45, 7) is 2.20. The third-order valence-corrected chi connectivity index (χ3v) is 4.06. The highest BCUT2D eigenvalue weighted by atomic mass is 16.5. The van der Waals surface area contributed by atoms with Crippen LogP contribution in [0.1, 0.15) is 45.8 Å². The fourth-order valence-electron chi connectivity index (χ4n) is 2.65. The first-order chi connectivity index (χ1) is 13.1. The molecular formula is C20H20N4O3. The van der Waals surface area contributed by atoms with Crippen LogP contribution >= 0.6 is 0 Å². The van der Waals surface area contributed by atoms with Crippen LogP contribution in [-0.2, 0) is 13.0 Å². The lowest BCUT2D eigenvalue weighted by Gasteiger charge is -2.06. The Bertz CT molecular complexity index is 931. The zero-order valence-electron chi connectivity index (χ0n) is 14.9. The summed E-state index contributed by atoms with van der Waals surface area (Å²) in [4.78, 5) is 26.9. The molecule has 3 N–H and O–H groups in total. The highest BCUT2D eigenvalue weighted by Gasteiger charge is 2.12. The molecule has 0 saturated carbocycles. The van der Waals surface area contributed by atoms with Crippen molar-refractivity contribution in [3.05, 3.63) is 71.4 Å². The van der Waals surface area contributed by atoms with Gasteiger partial charge in [-0.05, 0) is 35.2 Å². The summed E-state index contributed by atoms with van der Waals surface area (Å²) in [5.41, 5.74) is 9.01. The number of carbonyl (C=O) groups is 2. The van der Waals surface area contributed by atoms with Gasteiger partial charge in [0.25, 0.3) is 5.91 Å². The van der Waals surface area contributed by atoms with Gasteiger partial charge in [-0.25, -0.2) is 0 Å². The van der Waals surface area contributed by atoms with Crippen LogP contribution in [0.4, 0.5) is 0 Å². The summed E-state index contributed by atoms with van der Waals surface area (Å²) in [5.74, 6) is -1.18. The van der Waals surface area contributed by atoms with Crippen LogP contribution in [0.3, 0.4) is 0 Å². The molecule has 7 heteroatoms. The second-order valence-corrected chi connectivity index (χ2v) is 6.09. The molecule has 7 nitrogen and oxygen atoms in total. The third kappa shape index (κ3) is 4.58. The molecule has 3 rings (SSSR count). The van der Waals surface area contributed by atoms with Crippen molar-refractivity contribution >= 4 is 11.8 Å². The van der Waals surface area contributed by atoms with Gasteiger partial charge in [0.05, 0.1) is 6.54 Å². The molecule has 0 aliphatic rings. The van der Waals surface area contributed by atoms with E-state index in [1.807, 2.05) is 12.1 Å². The van der Waals surface area contributed by atoms with Crippen molar-refractivity contribution in [3.63, 3.8) is 0 Å². The summed E-state index contributed by atoms with van der Waals surface area (Å²) < 4.78 is 4.67. The number of nitrogens with two attached hydrogens (primary N) is 1. The van der Waals surface area contributed by atoms with Crippen LogP contribution < -0.4 is 11.1 Å². The number of benzene rings is 2. The van der Waals surface area contributed by atoms with Gasteiger partial charge < -0.3 is 15.6 Å². The predicted octanol–water partition coefficient (Wildman–Crippen LogP) is 2.72. The van der Waals surface area contributed by atoms with E-state index in [9.17, 15) is 9.59 Å². The standard InChI is InChI=1S/C20H20N4O3/c1-2-3-13-4-6-14(7-5-13)15-8-10-16(11-9-15)19(26)22-12-17-23-20(18(21)25)27-24-17/h4-11H,2-3,12H2,1H3,(H2,21,25)(H,22,26). The van der Waals surface area contributed by atoms with Crippen LogP contribution in [0.5, 0.6) is 0 Å². The van der Waals surface area contributed by atoms with Gasteiger partial charge in [0.15, 0.2) is 5.82 Å². The molecule has 0 saturated heterocycles. The summed E-state index contributed by atoms with van der Waals surface area (Å²) in [6.07, 6.45) is 2.19. The Morgan fingerprint density at radius 1 is 1.04 bits per heavy atom. The fraction of sp³-hybridized carbons (Fsp3) is 0.200. The minimum absolute atomic E-state index is 0.0380. The second-order valence-electron chi connectivity index (χ2n) is 6.09. The molecule has 0 radical (unpaired) electrons. The second kappa shape index (κ2) is 8.27. The van der Waals surface area contributed by atoms with Gasteiger partial charge in [-0.15, -0.1) is 0 Å². The van der Waals surface area contributed by atoms with Crippen molar-refractivity contribution in [2.75, 3.05) is 0 Å². The van der Waals surface area contributed by atoms with Gasteiger partial charge in [-0.2, -0.15) is 4.98 Å². The molecule has 3 aromatic rings. The first-order valence-corrected chi connectivity index (χ1v) is 8.66. The maximum Gasteiger partial charge on any atom is 0.315 e. The fourth-order valence-corrected chi connectivity index (χ4v) is 2.65. The van der Waals surface area contributed by atoms with Gasteiger partial charge in [0, 0.05) is 5.56 Å². The number of primary amides is 1. The molecule has 0 bridgehead atoms. The molecule has 0 aliphatic carbocycles. The number of hydrogen-bond donors (Lipinski definition) is 2. The van der Waals surface area contributed by atoms with Crippen LogP contribution in [0.15, 0.2) is 53.1 Å². The summed E-state index contributed by atoms with van der Waals surface area (Å²) in [6, 6.07) is 15.8. The molecule has 2 aromatic carbocycles. The van der Waals surface area contributed by atoms with E-state index in [-0.39, 0.29) is 24.2 Å². The highest BCUT2D eigenvalue weighted by Crippen LogP contribution is 2.21. The molecule has 1 heterocycles. The third-order valence-electron chi connectivity index (χ3n) is 4.06. The molecule has 0 atom stereocenters. The first-order valence-electron chi connectivity index (χ1n) is 8.66. The van der Waals surface area contributed by atoms with Gasteiger partial charge in [0.2, 0.25) is 0 Å². The largest absolute Gasteiger partial charge is 0.361 e. The van der Waals surface area contributed by atoms with E-state index in [1.54, 1.807) is 12.1 Å². The van der Waals surface area contributed by atoms with Crippen LogP contribution in [0.25, 0.3) is 11.1 Å². The van der Waals surface area contributed by atoms with Crippen molar-refractivity contribution in [1.29, 1.82) is 0 Å². The van der Waals surface area contributed by atoms with E-state index >= 15 is 0 Å². The molecular weight excluding hydrogens is 344 g/mol. The lowest BCUT2D eigenvalue weighted by atomic mass is 10.0. The van der Waals surface area contributed by atoms with Gasteiger partial charge in [-0.1, -0.05) is 54.9 Å². The Balaban J connectivity index is 1.61. The Labute approximate surface area is 156 Å². The normalized spacial score (nSPS) is 10.6. The molecule has 0 unspecified atom stereocenters. The van der Waals surface area contributed by atoms with Crippen molar-refractivity contribution in [3.8, 4) is 11.1 Å². The van der Waals surface area contributed by atoms with Crippen molar-refractivity contribution < 1.29 is 14.1 Å². The number of nitrogens with zero attached hydrogens (tertiary/aromatic N) is 2. The number of rotatable bonds is 7. The van der Waals surface area contributed by atoms with E-state index in [2.05, 4.69) is 51.2 Å². The number of amides is 2. The minimum atomic E-state index is -0.807. The summed E-state index contributed by atoms with van der Waals surface area (Å²) >= 11 is 0. The van der Waals surface area contributed by atoms with Gasteiger partial charge in [-0.3, -0.25) is 9.59 Å². The van der Waals surface area contributed by atoms with E-state index in [4.69, 9.17) is 5.73 Å². The lowest BCUT2D eigenvalue weighted by molar-refractivity contribution is 0.0944. The quantitative estimate of drug-likeness (QED) is 0.669. The average molecular weight is 364 g/mol. The molecule has 0 aliphatic heterocycles. The number of aromatic nitrogens is 2. The van der Waals surface area contributed by atoms with E-state index < -0.39 is 5.91 Å². The van der Waals surface area contributed by atoms with Crippen LogP contribution in [0.2, 0.25) is 0 Å². The van der Waals surface area contributed by atoms with E-state index in [0.29, 0.717) is 5.56 Å². The van der Waals surface area contributed by atoms with Crippen LogP contribution in [-0.4, -0.2) is 22.0 Å². The number of carbonyl (C=O) groups excluding carboxylic acids is 2. The first kappa shape index (κ1) is 18.3. The predicted molar refractivity (Wildman–Crippen MR) is 99.9 cm³/mol. The lowest BCUT2D eigenvalue weighted by Crippen LogP contribution is -2.23. The number of nitrogens with one attached hydrogen (secondary N) is 1. The van der Waals surface area contributed by atoms with Crippen molar-refractivity contribution in [1.82, 2.24) is 15.5 Å². The van der Waals surface area contributed by atoms with Gasteiger partial charge in [0.1, 0.15) is 0 Å². The monoisotopic (exact) mass is 364 g/mol. The van der Waals surface area contributed by atoms with E-state index in [1.165, 1.54) is 5.56 Å². The number of hydrogen-bond acceptors (Lipinski definition) is 5. The molecule has 2 amide bonds. The summed E-state index contributed by atoms with van der Waals surface area (Å²) in [5, 5.41) is 6.25. The Morgan fingerprint density at radius 3 is 2.22 bits per heavy atom. The van der Waals surface area contributed by atoms with E-state index in [0.717, 1.165) is 24.0 Å². The average Bonchev–Trinajstić information content (AvgIpc) is 3.17. The Morgan fingerprint density at radius 2 is 1.67 bits per heavy atom. The molecule has 0 spiro atoms. The van der Waals surface area contributed by atoms with Crippen molar-refractivity contribution in [2.45, 2.75) is 26.3 Å². The highest BCUT2D eigenvalue weighted by molar-refractivity contribution is 5.94. The zero-order chi connectivity index (χ0) is 19.2. The zero-order valence-corrected chi connectivity index (χ0v) is 14.9. The minimum Gasteiger partial charge on any atom is -0.361 e. The van der Waals surface area contributed by atoms with Gasteiger partial charge >= 0.3 is 11.8 Å². The maximum atomic E-state index is 12.2. The molecule has 27 heavy (non-hydrogen) atoms. The SMILES string of the molecule is CCCc1ccc(-c2ccc(C(=O)NCc3noc(C(N)=O)n3)cc2)cc1. The van der Waals surface area contributed by atoms with Crippen LogP contribution in [0, 0.1) is 0 Å². The maximum absolute atomic E-state index is 12.2.